The van der Waals surface area contributed by atoms with Crippen LogP contribution in [0.15, 0.2) is 18.2 Å². The van der Waals surface area contributed by atoms with Crippen molar-refractivity contribution in [2.24, 2.45) is 0 Å². The first-order valence-electron chi connectivity index (χ1n) is 5.99. The van der Waals surface area contributed by atoms with Crippen LogP contribution in [0.3, 0.4) is 0 Å². The highest BCUT2D eigenvalue weighted by atomic mass is 35.5. The monoisotopic (exact) mass is 305 g/mol. The second-order valence-electron chi connectivity index (χ2n) is 3.76. The summed E-state index contributed by atoms with van der Waals surface area (Å²) in [4.78, 5) is 11.5. The predicted molar refractivity (Wildman–Crippen MR) is 75.6 cm³/mol. The lowest BCUT2D eigenvalue weighted by molar-refractivity contribution is -0.126. The van der Waals surface area contributed by atoms with E-state index in [9.17, 15) is 4.79 Å². The highest BCUT2D eigenvalue weighted by molar-refractivity contribution is 6.35. The maximum absolute atomic E-state index is 11.5. The molecule has 106 valence electrons. The van der Waals surface area contributed by atoms with Crippen molar-refractivity contribution in [1.29, 1.82) is 0 Å². The molecule has 4 nitrogen and oxygen atoms in total. The van der Waals surface area contributed by atoms with Gasteiger partial charge in [-0.2, -0.15) is 0 Å². The number of hydrogen-bond donors (Lipinski definition) is 1. The molecule has 0 aliphatic rings. The van der Waals surface area contributed by atoms with Gasteiger partial charge in [0.15, 0.2) is 0 Å². The number of carbonyl (C=O) groups excluding carboxylic acids is 1. The Balaban J connectivity index is 2.22. The van der Waals surface area contributed by atoms with Gasteiger partial charge in [-0.1, -0.05) is 29.3 Å². The maximum atomic E-state index is 11.5. The van der Waals surface area contributed by atoms with Crippen LogP contribution in [0.25, 0.3) is 0 Å². The number of benzene rings is 1. The number of nitrogens with one attached hydrogen (secondary N) is 1. The zero-order valence-corrected chi connectivity index (χ0v) is 12.3. The van der Waals surface area contributed by atoms with Crippen LogP contribution in [0.1, 0.15) is 12.5 Å². The molecule has 1 N–H and O–H groups in total. The highest BCUT2D eigenvalue weighted by Crippen LogP contribution is 2.20. The van der Waals surface area contributed by atoms with E-state index in [1.807, 2.05) is 6.92 Å². The molecule has 0 fully saturated rings. The van der Waals surface area contributed by atoms with Crippen LogP contribution in [0.5, 0.6) is 0 Å². The minimum absolute atomic E-state index is 0.0122. The lowest BCUT2D eigenvalue weighted by atomic mass is 10.2. The number of halogens is 2. The first-order chi connectivity index (χ1) is 9.13. The molecule has 0 aliphatic carbocycles. The van der Waals surface area contributed by atoms with Gasteiger partial charge in [0.1, 0.15) is 6.61 Å². The largest absolute Gasteiger partial charge is 0.379 e. The third-order valence-corrected chi connectivity index (χ3v) is 2.89. The van der Waals surface area contributed by atoms with Crippen LogP contribution >= 0.6 is 23.2 Å². The van der Waals surface area contributed by atoms with E-state index in [1.165, 1.54) is 0 Å². The van der Waals surface area contributed by atoms with Gasteiger partial charge in [0.2, 0.25) is 5.91 Å². The molecule has 0 radical (unpaired) electrons. The summed E-state index contributed by atoms with van der Waals surface area (Å²) in [5.74, 6) is -0.192. The van der Waals surface area contributed by atoms with Crippen molar-refractivity contribution in [2.45, 2.75) is 13.5 Å². The van der Waals surface area contributed by atoms with Gasteiger partial charge >= 0.3 is 0 Å². The Morgan fingerprint density at radius 2 is 2.00 bits per heavy atom. The Morgan fingerprint density at radius 1 is 1.26 bits per heavy atom. The summed E-state index contributed by atoms with van der Waals surface area (Å²) in [5, 5.41) is 3.82. The van der Waals surface area contributed by atoms with Crippen molar-refractivity contribution in [3.8, 4) is 0 Å². The molecule has 0 aliphatic heterocycles. The lowest BCUT2D eigenvalue weighted by Gasteiger charge is -2.08. The van der Waals surface area contributed by atoms with Crippen LogP contribution in [-0.4, -0.2) is 32.3 Å². The molecule has 6 heteroatoms. The minimum atomic E-state index is -0.192. The van der Waals surface area contributed by atoms with Crippen LogP contribution in [0, 0.1) is 0 Å². The van der Waals surface area contributed by atoms with E-state index < -0.39 is 0 Å². The van der Waals surface area contributed by atoms with E-state index >= 15 is 0 Å². The predicted octanol–water partition coefficient (Wildman–Crippen LogP) is 2.66. The smallest absolute Gasteiger partial charge is 0.246 e. The summed E-state index contributed by atoms with van der Waals surface area (Å²) in [7, 11) is 0. The minimum Gasteiger partial charge on any atom is -0.379 e. The number of carbonyl (C=O) groups is 1. The second kappa shape index (κ2) is 9.15. The fourth-order valence-corrected chi connectivity index (χ4v) is 1.81. The Hall–Kier alpha value is -0.810. The highest BCUT2D eigenvalue weighted by Gasteiger charge is 2.04. The molecule has 0 atom stereocenters. The van der Waals surface area contributed by atoms with E-state index in [0.717, 1.165) is 5.56 Å². The van der Waals surface area contributed by atoms with Crippen molar-refractivity contribution in [3.63, 3.8) is 0 Å². The summed E-state index contributed by atoms with van der Waals surface area (Å²) in [5.41, 5.74) is 0.814. The van der Waals surface area contributed by atoms with Crippen LogP contribution in [0.2, 0.25) is 10.0 Å². The molecule has 1 amide bonds. The Kier molecular flexibility index (Phi) is 7.82. The molecule has 1 aromatic carbocycles. The number of amides is 1. The topological polar surface area (TPSA) is 47.6 Å². The first-order valence-corrected chi connectivity index (χ1v) is 6.75. The van der Waals surface area contributed by atoms with Crippen molar-refractivity contribution >= 4 is 29.1 Å². The molecule has 0 spiro atoms. The number of hydrogen-bond acceptors (Lipinski definition) is 3. The van der Waals surface area contributed by atoms with Gasteiger partial charge in [-0.3, -0.25) is 4.79 Å². The van der Waals surface area contributed by atoms with Crippen molar-refractivity contribution in [2.75, 3.05) is 26.4 Å². The van der Waals surface area contributed by atoms with Gasteiger partial charge in [0, 0.05) is 23.2 Å². The summed E-state index contributed by atoms with van der Waals surface area (Å²) in [6, 6.07) is 5.15. The van der Waals surface area contributed by atoms with Crippen LogP contribution in [0.4, 0.5) is 0 Å². The molecule has 0 saturated heterocycles. The summed E-state index contributed by atoms with van der Waals surface area (Å²) in [6.07, 6.45) is 0. The van der Waals surface area contributed by atoms with Gasteiger partial charge in [-0.15, -0.1) is 0 Å². The fourth-order valence-electron chi connectivity index (χ4n) is 1.34. The average molecular weight is 306 g/mol. The van der Waals surface area contributed by atoms with E-state index in [-0.39, 0.29) is 12.5 Å². The zero-order chi connectivity index (χ0) is 14.1. The van der Waals surface area contributed by atoms with Crippen LogP contribution in [-0.2, 0) is 20.8 Å². The van der Waals surface area contributed by atoms with Gasteiger partial charge in [-0.05, 0) is 24.6 Å². The van der Waals surface area contributed by atoms with E-state index in [1.54, 1.807) is 18.2 Å². The molecule has 1 aromatic rings. The lowest BCUT2D eigenvalue weighted by Crippen LogP contribution is -2.27. The summed E-state index contributed by atoms with van der Waals surface area (Å²) < 4.78 is 10.2. The van der Waals surface area contributed by atoms with Gasteiger partial charge < -0.3 is 14.8 Å². The van der Waals surface area contributed by atoms with E-state index in [2.05, 4.69) is 5.32 Å². The summed E-state index contributed by atoms with van der Waals surface area (Å²) in [6.45, 7) is 3.81. The average Bonchev–Trinajstić information content (AvgIpc) is 2.37. The third kappa shape index (κ3) is 6.78. The zero-order valence-electron chi connectivity index (χ0n) is 10.7. The number of ether oxygens (including phenoxy) is 2. The molecular formula is C13H17Cl2NO3. The Bertz CT molecular complexity index is 413. The molecule has 0 saturated carbocycles. The van der Waals surface area contributed by atoms with Crippen LogP contribution < -0.4 is 5.32 Å². The van der Waals surface area contributed by atoms with Crippen molar-refractivity contribution in [3.05, 3.63) is 33.8 Å². The molecule has 0 unspecified atom stereocenters. The Labute approximate surface area is 123 Å². The molecule has 1 rings (SSSR count). The van der Waals surface area contributed by atoms with E-state index in [0.29, 0.717) is 36.4 Å². The van der Waals surface area contributed by atoms with Gasteiger partial charge in [0.25, 0.3) is 0 Å². The number of rotatable bonds is 8. The van der Waals surface area contributed by atoms with E-state index in [4.69, 9.17) is 32.7 Å². The molecule has 0 heterocycles. The Morgan fingerprint density at radius 3 is 2.68 bits per heavy atom. The normalized spacial score (nSPS) is 10.5. The quantitative estimate of drug-likeness (QED) is 0.751. The van der Waals surface area contributed by atoms with Gasteiger partial charge in [0.05, 0.1) is 13.2 Å². The third-order valence-electron chi connectivity index (χ3n) is 2.30. The molecular weight excluding hydrogens is 289 g/mol. The maximum Gasteiger partial charge on any atom is 0.246 e. The van der Waals surface area contributed by atoms with Crippen molar-refractivity contribution < 1.29 is 14.3 Å². The SMILES string of the molecule is CCOCCOCC(=O)NCc1ccc(Cl)cc1Cl. The standard InChI is InChI=1S/C13H17Cl2NO3/c1-2-18-5-6-19-9-13(17)16-8-10-3-4-11(14)7-12(10)15/h3-4,7H,2,5-6,8-9H2,1H3,(H,16,17). The fraction of sp³-hybridized carbons (Fsp3) is 0.462. The second-order valence-corrected chi connectivity index (χ2v) is 4.61. The van der Waals surface area contributed by atoms with Gasteiger partial charge in [-0.25, -0.2) is 0 Å². The summed E-state index contributed by atoms with van der Waals surface area (Å²) >= 11 is 11.8. The molecule has 19 heavy (non-hydrogen) atoms. The first kappa shape index (κ1) is 16.2. The molecule has 0 bridgehead atoms. The molecule has 0 aromatic heterocycles. The van der Waals surface area contributed by atoms with Crippen molar-refractivity contribution in [1.82, 2.24) is 5.32 Å².